The predicted molar refractivity (Wildman–Crippen MR) is 57.5 cm³/mol. The first-order chi connectivity index (χ1) is 6.83. The number of aromatic nitrogens is 2. The Morgan fingerprint density at radius 3 is 3.14 bits per heavy atom. The fraction of sp³-hybridized carbons (Fsp3) is 0.727. The van der Waals surface area contributed by atoms with E-state index in [1.165, 1.54) is 17.7 Å². The number of hydrogen-bond acceptors (Lipinski definition) is 2. The van der Waals surface area contributed by atoms with Gasteiger partial charge in [0.1, 0.15) is 0 Å². The molecule has 1 aliphatic heterocycles. The first-order valence-electron chi connectivity index (χ1n) is 5.56. The van der Waals surface area contributed by atoms with Crippen molar-refractivity contribution in [3.8, 4) is 0 Å². The highest BCUT2D eigenvalue weighted by Crippen LogP contribution is 2.24. The minimum absolute atomic E-state index is 0.695. The lowest BCUT2D eigenvalue weighted by Crippen LogP contribution is -2.09. The highest BCUT2D eigenvalue weighted by Gasteiger charge is 2.20. The third-order valence-corrected chi connectivity index (χ3v) is 3.08. The van der Waals surface area contributed by atoms with E-state index in [-0.39, 0.29) is 0 Å². The molecule has 0 aromatic carbocycles. The van der Waals surface area contributed by atoms with Crippen LogP contribution in [0.3, 0.4) is 0 Å². The summed E-state index contributed by atoms with van der Waals surface area (Å²) in [6.45, 7) is 7.71. The van der Waals surface area contributed by atoms with Gasteiger partial charge in [0.05, 0.1) is 6.20 Å². The van der Waals surface area contributed by atoms with Gasteiger partial charge in [0.2, 0.25) is 0 Å². The molecule has 1 unspecified atom stereocenters. The molecule has 2 heterocycles. The lowest BCUT2D eigenvalue weighted by molar-refractivity contribution is 0.584. The zero-order valence-corrected chi connectivity index (χ0v) is 9.08. The summed E-state index contributed by atoms with van der Waals surface area (Å²) in [5.74, 6) is 0.695. The Balaban J connectivity index is 2.17. The molecule has 78 valence electrons. The Kier molecular flexibility index (Phi) is 2.87. The van der Waals surface area contributed by atoms with Crippen LogP contribution < -0.4 is 5.32 Å². The minimum atomic E-state index is 0.695. The minimum Gasteiger partial charge on any atom is -0.316 e. The number of nitrogens with zero attached hydrogens (tertiary/aromatic N) is 2. The molecule has 1 saturated heterocycles. The van der Waals surface area contributed by atoms with Crippen LogP contribution in [0.2, 0.25) is 0 Å². The number of nitrogens with one attached hydrogen (secondary N) is 1. The molecule has 3 nitrogen and oxygen atoms in total. The summed E-state index contributed by atoms with van der Waals surface area (Å²) in [5.41, 5.74) is 2.81. The van der Waals surface area contributed by atoms with E-state index in [2.05, 4.69) is 35.1 Å². The van der Waals surface area contributed by atoms with E-state index >= 15 is 0 Å². The van der Waals surface area contributed by atoms with E-state index in [0.717, 1.165) is 26.1 Å². The van der Waals surface area contributed by atoms with Gasteiger partial charge >= 0.3 is 0 Å². The number of hydrogen-bond donors (Lipinski definition) is 1. The summed E-state index contributed by atoms with van der Waals surface area (Å²) in [7, 11) is 0. The van der Waals surface area contributed by atoms with Gasteiger partial charge in [0.25, 0.3) is 0 Å². The molecule has 3 heteroatoms. The van der Waals surface area contributed by atoms with Crippen molar-refractivity contribution in [3.63, 3.8) is 0 Å². The Morgan fingerprint density at radius 2 is 2.50 bits per heavy atom. The van der Waals surface area contributed by atoms with E-state index in [4.69, 9.17) is 0 Å². The van der Waals surface area contributed by atoms with Crippen molar-refractivity contribution in [1.82, 2.24) is 15.1 Å². The molecule has 2 rings (SSSR count). The molecule has 0 spiro atoms. The maximum absolute atomic E-state index is 4.44. The van der Waals surface area contributed by atoms with Crippen molar-refractivity contribution >= 4 is 0 Å². The molecule has 1 aromatic rings. The second-order valence-corrected chi connectivity index (χ2v) is 4.10. The van der Waals surface area contributed by atoms with Gasteiger partial charge < -0.3 is 5.32 Å². The SMILES string of the molecule is CCCn1ncc(C2CCNC2)c1C. The lowest BCUT2D eigenvalue weighted by atomic mass is 9.99. The maximum Gasteiger partial charge on any atom is 0.0527 e. The predicted octanol–water partition coefficient (Wildman–Crippen LogP) is 1.68. The summed E-state index contributed by atoms with van der Waals surface area (Å²) >= 11 is 0. The Labute approximate surface area is 85.5 Å². The van der Waals surface area contributed by atoms with Crippen molar-refractivity contribution in [2.75, 3.05) is 13.1 Å². The lowest BCUT2D eigenvalue weighted by Gasteiger charge is -2.08. The topological polar surface area (TPSA) is 29.9 Å². The monoisotopic (exact) mass is 193 g/mol. The van der Waals surface area contributed by atoms with E-state index < -0.39 is 0 Å². The van der Waals surface area contributed by atoms with Gasteiger partial charge in [-0.05, 0) is 31.9 Å². The molecule has 1 aliphatic rings. The summed E-state index contributed by atoms with van der Waals surface area (Å²) < 4.78 is 2.13. The molecular formula is C11H19N3. The van der Waals surface area contributed by atoms with Crippen molar-refractivity contribution in [3.05, 3.63) is 17.5 Å². The quantitative estimate of drug-likeness (QED) is 0.791. The standard InChI is InChI=1S/C11H19N3/c1-3-6-14-9(2)11(8-13-14)10-4-5-12-7-10/h8,10,12H,3-7H2,1-2H3. The fourth-order valence-electron chi connectivity index (χ4n) is 2.22. The van der Waals surface area contributed by atoms with Crippen LogP contribution in [0, 0.1) is 6.92 Å². The van der Waals surface area contributed by atoms with Crippen LogP contribution in [0.5, 0.6) is 0 Å². The van der Waals surface area contributed by atoms with Crippen molar-refractivity contribution in [2.45, 2.75) is 39.2 Å². The zero-order chi connectivity index (χ0) is 9.97. The van der Waals surface area contributed by atoms with Crippen LogP contribution in [0.1, 0.15) is 36.9 Å². The van der Waals surface area contributed by atoms with Crippen molar-refractivity contribution < 1.29 is 0 Å². The first-order valence-corrected chi connectivity index (χ1v) is 5.56. The van der Waals surface area contributed by atoms with E-state index in [0.29, 0.717) is 5.92 Å². The highest BCUT2D eigenvalue weighted by atomic mass is 15.3. The van der Waals surface area contributed by atoms with Gasteiger partial charge in [-0.15, -0.1) is 0 Å². The third-order valence-electron chi connectivity index (χ3n) is 3.08. The van der Waals surface area contributed by atoms with Gasteiger partial charge in [-0.3, -0.25) is 4.68 Å². The molecule has 0 bridgehead atoms. The van der Waals surface area contributed by atoms with Crippen LogP contribution >= 0.6 is 0 Å². The number of aryl methyl sites for hydroxylation is 1. The molecule has 0 radical (unpaired) electrons. The van der Waals surface area contributed by atoms with Crippen LogP contribution in [0.15, 0.2) is 6.20 Å². The van der Waals surface area contributed by atoms with Gasteiger partial charge in [-0.1, -0.05) is 6.92 Å². The Hall–Kier alpha value is -0.830. The smallest absolute Gasteiger partial charge is 0.0527 e. The van der Waals surface area contributed by atoms with Crippen LogP contribution in [0.25, 0.3) is 0 Å². The molecule has 14 heavy (non-hydrogen) atoms. The highest BCUT2D eigenvalue weighted by molar-refractivity contribution is 5.22. The average molecular weight is 193 g/mol. The molecule has 0 aliphatic carbocycles. The second kappa shape index (κ2) is 4.13. The van der Waals surface area contributed by atoms with E-state index in [9.17, 15) is 0 Å². The number of rotatable bonds is 3. The zero-order valence-electron chi connectivity index (χ0n) is 9.08. The van der Waals surface area contributed by atoms with Gasteiger partial charge in [-0.25, -0.2) is 0 Å². The summed E-state index contributed by atoms with van der Waals surface area (Å²) in [6.07, 6.45) is 4.48. The molecule has 1 N–H and O–H groups in total. The molecule has 1 fully saturated rings. The first kappa shape index (κ1) is 9.71. The maximum atomic E-state index is 4.44. The molecule has 0 amide bonds. The molecular weight excluding hydrogens is 174 g/mol. The van der Waals surface area contributed by atoms with Gasteiger partial charge in [0, 0.05) is 24.7 Å². The second-order valence-electron chi connectivity index (χ2n) is 4.10. The Bertz CT molecular complexity index is 297. The van der Waals surface area contributed by atoms with Gasteiger partial charge in [-0.2, -0.15) is 5.10 Å². The van der Waals surface area contributed by atoms with Crippen molar-refractivity contribution in [1.29, 1.82) is 0 Å². The normalized spacial score (nSPS) is 21.7. The van der Waals surface area contributed by atoms with Crippen molar-refractivity contribution in [2.24, 2.45) is 0 Å². The fourth-order valence-corrected chi connectivity index (χ4v) is 2.22. The third kappa shape index (κ3) is 1.69. The molecule has 0 saturated carbocycles. The Morgan fingerprint density at radius 1 is 1.64 bits per heavy atom. The largest absolute Gasteiger partial charge is 0.316 e. The van der Waals surface area contributed by atoms with E-state index in [1.807, 2.05) is 0 Å². The van der Waals surface area contributed by atoms with Gasteiger partial charge in [0.15, 0.2) is 0 Å². The molecule has 1 atom stereocenters. The van der Waals surface area contributed by atoms with Crippen LogP contribution in [-0.2, 0) is 6.54 Å². The van der Waals surface area contributed by atoms with Crippen LogP contribution in [-0.4, -0.2) is 22.9 Å². The summed E-state index contributed by atoms with van der Waals surface area (Å²) in [6, 6.07) is 0. The summed E-state index contributed by atoms with van der Waals surface area (Å²) in [5, 5.41) is 7.84. The molecule has 1 aromatic heterocycles. The van der Waals surface area contributed by atoms with Crippen LogP contribution in [0.4, 0.5) is 0 Å². The summed E-state index contributed by atoms with van der Waals surface area (Å²) in [4.78, 5) is 0. The van der Waals surface area contributed by atoms with E-state index in [1.54, 1.807) is 0 Å². The average Bonchev–Trinajstić information content (AvgIpc) is 2.77.